The van der Waals surface area contributed by atoms with E-state index in [0.717, 1.165) is 29.7 Å². The molecule has 2 rings (SSSR count). The fraction of sp³-hybridized carbons (Fsp3) is 0.357. The van der Waals surface area contributed by atoms with Crippen molar-refractivity contribution in [1.82, 2.24) is 4.98 Å². The second-order valence-electron chi connectivity index (χ2n) is 4.47. The van der Waals surface area contributed by atoms with Crippen LogP contribution in [0.4, 0.5) is 11.4 Å². The Morgan fingerprint density at radius 1 is 1.29 bits per heavy atom. The van der Waals surface area contributed by atoms with Crippen molar-refractivity contribution in [1.29, 1.82) is 0 Å². The fourth-order valence-electron chi connectivity index (χ4n) is 2.14. The lowest BCUT2D eigenvalue weighted by Crippen LogP contribution is -2.18. The number of nitrogen functional groups attached to an aromatic ring is 1. The highest BCUT2D eigenvalue weighted by Crippen LogP contribution is 2.30. The van der Waals surface area contributed by atoms with Crippen molar-refractivity contribution in [2.45, 2.75) is 20.3 Å². The van der Waals surface area contributed by atoms with Crippen molar-refractivity contribution in [3.8, 4) is 0 Å². The average Bonchev–Trinajstić information content (AvgIpc) is 2.29. The van der Waals surface area contributed by atoms with Crippen LogP contribution in [0, 0.1) is 6.92 Å². The van der Waals surface area contributed by atoms with Crippen LogP contribution in [0.15, 0.2) is 24.4 Å². The second-order valence-corrected chi connectivity index (χ2v) is 4.47. The van der Waals surface area contributed by atoms with E-state index in [0.29, 0.717) is 0 Å². The smallest absolute Gasteiger partial charge is 0.0446 e. The van der Waals surface area contributed by atoms with Crippen LogP contribution in [0.25, 0.3) is 10.8 Å². The van der Waals surface area contributed by atoms with Gasteiger partial charge in [0.15, 0.2) is 0 Å². The van der Waals surface area contributed by atoms with Gasteiger partial charge in [0.05, 0.1) is 0 Å². The topological polar surface area (TPSA) is 42.1 Å². The van der Waals surface area contributed by atoms with Gasteiger partial charge in [-0.2, -0.15) is 0 Å². The second kappa shape index (κ2) is 4.62. The highest BCUT2D eigenvalue weighted by molar-refractivity contribution is 6.01. The fourth-order valence-corrected chi connectivity index (χ4v) is 2.14. The van der Waals surface area contributed by atoms with Gasteiger partial charge in [-0.1, -0.05) is 6.92 Å². The number of nitrogens with two attached hydrogens (primary N) is 1. The molecule has 1 aromatic carbocycles. The van der Waals surface area contributed by atoms with Gasteiger partial charge in [-0.3, -0.25) is 4.98 Å². The molecule has 90 valence electrons. The molecule has 2 aromatic rings. The molecule has 0 spiro atoms. The number of aromatic nitrogens is 1. The quantitative estimate of drug-likeness (QED) is 0.823. The zero-order valence-electron chi connectivity index (χ0n) is 10.7. The number of fused-ring (bicyclic) bond motifs is 1. The predicted octanol–water partition coefficient (Wildman–Crippen LogP) is 2.97. The number of anilines is 2. The molecule has 0 amide bonds. The highest BCUT2D eigenvalue weighted by atomic mass is 15.1. The summed E-state index contributed by atoms with van der Waals surface area (Å²) in [5, 5.41) is 2.23. The lowest BCUT2D eigenvalue weighted by molar-refractivity contribution is 0.855. The molecule has 1 heterocycles. The van der Waals surface area contributed by atoms with Crippen LogP contribution in [0.5, 0.6) is 0 Å². The van der Waals surface area contributed by atoms with Crippen molar-refractivity contribution in [3.05, 3.63) is 30.1 Å². The van der Waals surface area contributed by atoms with Gasteiger partial charge in [-0.15, -0.1) is 0 Å². The normalized spacial score (nSPS) is 10.8. The number of nitrogens with zero attached hydrogens (tertiary/aromatic N) is 2. The van der Waals surface area contributed by atoms with Gasteiger partial charge < -0.3 is 10.6 Å². The van der Waals surface area contributed by atoms with Gasteiger partial charge in [0.25, 0.3) is 0 Å². The number of hydrogen-bond acceptors (Lipinski definition) is 3. The van der Waals surface area contributed by atoms with Gasteiger partial charge in [0.2, 0.25) is 0 Å². The number of pyridine rings is 1. The molecule has 1 aromatic heterocycles. The maximum absolute atomic E-state index is 5.99. The molecule has 0 aliphatic heterocycles. The largest absolute Gasteiger partial charge is 0.398 e. The zero-order valence-corrected chi connectivity index (χ0v) is 10.7. The molecular weight excluding hydrogens is 210 g/mol. The van der Waals surface area contributed by atoms with E-state index in [4.69, 9.17) is 5.73 Å². The minimum absolute atomic E-state index is 0.793. The van der Waals surface area contributed by atoms with Crippen molar-refractivity contribution >= 4 is 22.1 Å². The van der Waals surface area contributed by atoms with E-state index in [-0.39, 0.29) is 0 Å². The van der Waals surface area contributed by atoms with Gasteiger partial charge in [0, 0.05) is 47.6 Å². The van der Waals surface area contributed by atoms with Crippen molar-refractivity contribution in [3.63, 3.8) is 0 Å². The molecule has 2 N–H and O–H groups in total. The first-order valence-corrected chi connectivity index (χ1v) is 5.99. The maximum Gasteiger partial charge on any atom is 0.0446 e. The number of aryl methyl sites for hydroxylation is 1. The van der Waals surface area contributed by atoms with Crippen molar-refractivity contribution < 1.29 is 0 Å². The Bertz CT molecular complexity index is 534. The highest BCUT2D eigenvalue weighted by Gasteiger charge is 2.08. The van der Waals surface area contributed by atoms with E-state index in [1.54, 1.807) is 0 Å². The van der Waals surface area contributed by atoms with Gasteiger partial charge >= 0.3 is 0 Å². The summed E-state index contributed by atoms with van der Waals surface area (Å²) in [6.45, 7) is 5.23. The summed E-state index contributed by atoms with van der Waals surface area (Å²) in [5.41, 5.74) is 9.03. The number of benzene rings is 1. The first-order valence-electron chi connectivity index (χ1n) is 5.99. The molecular formula is C14H19N3. The summed E-state index contributed by atoms with van der Waals surface area (Å²) in [6.07, 6.45) is 3.00. The molecule has 0 radical (unpaired) electrons. The van der Waals surface area contributed by atoms with Gasteiger partial charge in [-0.05, 0) is 31.5 Å². The average molecular weight is 229 g/mol. The first-order chi connectivity index (χ1) is 8.13. The molecule has 0 aliphatic carbocycles. The summed E-state index contributed by atoms with van der Waals surface area (Å²) in [6, 6.07) is 6.15. The van der Waals surface area contributed by atoms with E-state index in [1.807, 2.05) is 19.2 Å². The summed E-state index contributed by atoms with van der Waals surface area (Å²) < 4.78 is 0. The predicted molar refractivity (Wildman–Crippen MR) is 74.5 cm³/mol. The molecule has 0 bridgehead atoms. The molecule has 0 saturated heterocycles. The third-order valence-corrected chi connectivity index (χ3v) is 3.02. The van der Waals surface area contributed by atoms with Crippen LogP contribution in [0.2, 0.25) is 0 Å². The Kier molecular flexibility index (Phi) is 3.18. The molecule has 0 unspecified atom stereocenters. The zero-order chi connectivity index (χ0) is 12.4. The van der Waals surface area contributed by atoms with E-state index < -0.39 is 0 Å². The Labute approximate surface area is 102 Å². The third kappa shape index (κ3) is 2.18. The Hall–Kier alpha value is -1.77. The summed E-state index contributed by atoms with van der Waals surface area (Å²) in [4.78, 5) is 6.58. The Morgan fingerprint density at radius 3 is 2.76 bits per heavy atom. The van der Waals surface area contributed by atoms with Crippen LogP contribution in [0.1, 0.15) is 19.0 Å². The van der Waals surface area contributed by atoms with Crippen LogP contribution in [-0.2, 0) is 0 Å². The SMILES string of the molecule is CCCN(C)c1ccc(N)c2cnc(C)cc12. The van der Waals surface area contributed by atoms with Crippen LogP contribution in [-0.4, -0.2) is 18.6 Å². The van der Waals surface area contributed by atoms with Crippen molar-refractivity contribution in [2.75, 3.05) is 24.2 Å². The summed E-state index contributed by atoms with van der Waals surface area (Å²) in [7, 11) is 2.12. The third-order valence-electron chi connectivity index (χ3n) is 3.02. The van der Waals surface area contributed by atoms with Crippen LogP contribution < -0.4 is 10.6 Å². The summed E-state index contributed by atoms with van der Waals surface area (Å²) >= 11 is 0. The molecule has 0 saturated carbocycles. The van der Waals surface area contributed by atoms with Crippen LogP contribution >= 0.6 is 0 Å². The number of rotatable bonds is 3. The molecule has 0 fully saturated rings. The van der Waals surface area contributed by atoms with Gasteiger partial charge in [-0.25, -0.2) is 0 Å². The first kappa shape index (κ1) is 11.7. The minimum atomic E-state index is 0.793. The lowest BCUT2D eigenvalue weighted by atomic mass is 10.1. The Morgan fingerprint density at radius 2 is 2.06 bits per heavy atom. The number of hydrogen-bond donors (Lipinski definition) is 1. The van der Waals surface area contributed by atoms with E-state index >= 15 is 0 Å². The molecule has 0 aliphatic rings. The van der Waals surface area contributed by atoms with E-state index in [9.17, 15) is 0 Å². The van der Waals surface area contributed by atoms with E-state index in [1.165, 1.54) is 11.1 Å². The standard InChI is InChI=1S/C14H19N3/c1-4-7-17(3)14-6-5-13(15)12-9-16-10(2)8-11(12)14/h5-6,8-9H,4,7,15H2,1-3H3. The summed E-state index contributed by atoms with van der Waals surface area (Å²) in [5.74, 6) is 0. The van der Waals surface area contributed by atoms with E-state index in [2.05, 4.69) is 36.0 Å². The monoisotopic (exact) mass is 229 g/mol. The molecule has 3 nitrogen and oxygen atoms in total. The maximum atomic E-state index is 5.99. The molecule has 3 heteroatoms. The molecule has 0 atom stereocenters. The lowest BCUT2D eigenvalue weighted by Gasteiger charge is -2.21. The van der Waals surface area contributed by atoms with Crippen molar-refractivity contribution in [2.24, 2.45) is 0 Å². The minimum Gasteiger partial charge on any atom is -0.398 e. The molecule has 17 heavy (non-hydrogen) atoms. The Balaban J connectivity index is 2.63. The van der Waals surface area contributed by atoms with Gasteiger partial charge in [0.1, 0.15) is 0 Å². The van der Waals surface area contributed by atoms with Crippen LogP contribution in [0.3, 0.4) is 0 Å².